The van der Waals surface area contributed by atoms with Crippen LogP contribution in [0.3, 0.4) is 0 Å². The molecular weight excluding hydrogens is 194 g/mol. The number of rotatable bonds is 3. The molecule has 15 heavy (non-hydrogen) atoms. The van der Waals surface area contributed by atoms with E-state index in [1.54, 1.807) is 6.92 Å². The third-order valence-electron chi connectivity index (χ3n) is 2.02. The molecule has 82 valence electrons. The van der Waals surface area contributed by atoms with Crippen molar-refractivity contribution in [2.45, 2.75) is 26.7 Å². The maximum Gasteiger partial charge on any atom is 0.339 e. The van der Waals surface area contributed by atoms with Crippen LogP contribution in [0.5, 0.6) is 0 Å². The monoisotopic (exact) mass is 209 g/mol. The normalized spacial score (nSPS) is 10.4. The lowest BCUT2D eigenvalue weighted by atomic mass is 10.0. The van der Waals surface area contributed by atoms with Crippen molar-refractivity contribution in [1.82, 2.24) is 4.98 Å². The van der Waals surface area contributed by atoms with E-state index < -0.39 is 5.97 Å². The molecule has 0 saturated carbocycles. The van der Waals surface area contributed by atoms with Crippen LogP contribution in [0.1, 0.15) is 42.7 Å². The Morgan fingerprint density at radius 1 is 1.47 bits per heavy atom. The molecule has 1 aromatic heterocycles. The first kappa shape index (κ1) is 11.5. The van der Waals surface area contributed by atoms with E-state index >= 15 is 0 Å². The van der Waals surface area contributed by atoms with E-state index in [2.05, 4.69) is 4.98 Å². The number of nitrogens with one attached hydrogen (secondary N) is 1. The fourth-order valence-electron chi connectivity index (χ4n) is 1.33. The van der Waals surface area contributed by atoms with Crippen LogP contribution in [0.4, 0.5) is 0 Å². The van der Waals surface area contributed by atoms with Crippen molar-refractivity contribution in [3.63, 3.8) is 0 Å². The van der Waals surface area contributed by atoms with Crippen molar-refractivity contribution in [2.75, 3.05) is 6.61 Å². The van der Waals surface area contributed by atoms with Gasteiger partial charge in [-0.3, -0.25) is 4.79 Å². The van der Waals surface area contributed by atoms with Crippen molar-refractivity contribution in [3.8, 4) is 0 Å². The molecule has 4 nitrogen and oxygen atoms in total. The highest BCUT2D eigenvalue weighted by Gasteiger charge is 2.15. The SMILES string of the molecule is CCOC(=O)c1ccc(=O)[nH]c1C(C)C. The maximum atomic E-state index is 11.5. The Bertz CT molecular complexity index is 407. The molecule has 0 aliphatic carbocycles. The Morgan fingerprint density at radius 2 is 2.13 bits per heavy atom. The predicted octanol–water partition coefficient (Wildman–Crippen LogP) is 1.68. The summed E-state index contributed by atoms with van der Waals surface area (Å²) in [5.41, 5.74) is 0.860. The maximum absolute atomic E-state index is 11.5. The van der Waals surface area contributed by atoms with Crippen LogP contribution in [0, 0.1) is 0 Å². The average molecular weight is 209 g/mol. The third-order valence-corrected chi connectivity index (χ3v) is 2.02. The highest BCUT2D eigenvalue weighted by atomic mass is 16.5. The van der Waals surface area contributed by atoms with Crippen molar-refractivity contribution >= 4 is 5.97 Å². The standard InChI is InChI=1S/C11H15NO3/c1-4-15-11(14)8-5-6-9(13)12-10(8)7(2)3/h5-7H,4H2,1-3H3,(H,12,13). The lowest BCUT2D eigenvalue weighted by molar-refractivity contribution is 0.0524. The summed E-state index contributed by atoms with van der Waals surface area (Å²) in [7, 11) is 0. The number of carbonyl (C=O) groups is 1. The minimum atomic E-state index is -0.391. The summed E-state index contributed by atoms with van der Waals surface area (Å²) < 4.78 is 4.90. The van der Waals surface area contributed by atoms with Gasteiger partial charge >= 0.3 is 5.97 Å². The van der Waals surface area contributed by atoms with Gasteiger partial charge in [0.05, 0.1) is 12.2 Å². The minimum absolute atomic E-state index is 0.0818. The number of pyridine rings is 1. The van der Waals surface area contributed by atoms with Crippen LogP contribution in [-0.2, 0) is 4.74 Å². The van der Waals surface area contributed by atoms with E-state index in [4.69, 9.17) is 4.74 Å². The van der Waals surface area contributed by atoms with Gasteiger partial charge < -0.3 is 9.72 Å². The Hall–Kier alpha value is -1.58. The van der Waals surface area contributed by atoms with Crippen LogP contribution in [0.15, 0.2) is 16.9 Å². The van der Waals surface area contributed by atoms with Gasteiger partial charge in [0, 0.05) is 11.8 Å². The van der Waals surface area contributed by atoms with Gasteiger partial charge in [0.1, 0.15) is 0 Å². The molecule has 1 N–H and O–H groups in total. The largest absolute Gasteiger partial charge is 0.462 e. The summed E-state index contributed by atoms with van der Waals surface area (Å²) in [6, 6.07) is 2.84. The van der Waals surface area contributed by atoms with Crippen LogP contribution >= 0.6 is 0 Å². The highest BCUT2D eigenvalue weighted by Crippen LogP contribution is 2.15. The summed E-state index contributed by atoms with van der Waals surface area (Å²) in [4.78, 5) is 25.3. The molecule has 0 unspecified atom stereocenters. The van der Waals surface area contributed by atoms with Gasteiger partial charge in [0.25, 0.3) is 0 Å². The average Bonchev–Trinajstić information content (AvgIpc) is 2.17. The number of hydrogen-bond acceptors (Lipinski definition) is 3. The quantitative estimate of drug-likeness (QED) is 0.770. The number of aromatic amines is 1. The third kappa shape index (κ3) is 2.68. The zero-order valence-electron chi connectivity index (χ0n) is 9.16. The number of hydrogen-bond donors (Lipinski definition) is 1. The molecule has 1 aromatic rings. The van der Waals surface area contributed by atoms with Crippen molar-refractivity contribution in [2.24, 2.45) is 0 Å². The van der Waals surface area contributed by atoms with Crippen LogP contribution in [0.2, 0.25) is 0 Å². The molecule has 0 radical (unpaired) electrons. The van der Waals surface area contributed by atoms with Gasteiger partial charge in [-0.15, -0.1) is 0 Å². The van der Waals surface area contributed by atoms with Crippen molar-refractivity contribution in [1.29, 1.82) is 0 Å². The zero-order chi connectivity index (χ0) is 11.4. The summed E-state index contributed by atoms with van der Waals surface area (Å²) in [5.74, 6) is -0.309. The van der Waals surface area contributed by atoms with E-state index in [0.717, 1.165) is 0 Å². The zero-order valence-corrected chi connectivity index (χ0v) is 9.16. The predicted molar refractivity (Wildman–Crippen MR) is 57.1 cm³/mol. The summed E-state index contributed by atoms with van der Waals surface area (Å²) in [5, 5.41) is 0. The van der Waals surface area contributed by atoms with Crippen molar-refractivity contribution < 1.29 is 9.53 Å². The molecular formula is C11H15NO3. The van der Waals surface area contributed by atoms with Crippen LogP contribution < -0.4 is 5.56 Å². The second-order valence-electron chi connectivity index (χ2n) is 3.53. The lowest BCUT2D eigenvalue weighted by Gasteiger charge is -2.10. The topological polar surface area (TPSA) is 59.2 Å². The van der Waals surface area contributed by atoms with Gasteiger partial charge in [-0.2, -0.15) is 0 Å². The summed E-state index contributed by atoms with van der Waals surface area (Å²) in [6.45, 7) is 5.90. The van der Waals surface area contributed by atoms with Gasteiger partial charge in [-0.25, -0.2) is 4.79 Å². The van der Waals surface area contributed by atoms with Crippen LogP contribution in [-0.4, -0.2) is 17.6 Å². The minimum Gasteiger partial charge on any atom is -0.462 e. The molecule has 0 aromatic carbocycles. The number of ether oxygens (including phenoxy) is 1. The van der Waals surface area contributed by atoms with Crippen LogP contribution in [0.25, 0.3) is 0 Å². The molecule has 1 rings (SSSR count). The Labute approximate surface area is 88.3 Å². The second kappa shape index (κ2) is 4.77. The summed E-state index contributed by atoms with van der Waals surface area (Å²) in [6.07, 6.45) is 0. The van der Waals surface area contributed by atoms with Gasteiger partial charge in [-0.1, -0.05) is 13.8 Å². The van der Waals surface area contributed by atoms with Gasteiger partial charge in [-0.05, 0) is 18.9 Å². The smallest absolute Gasteiger partial charge is 0.339 e. The number of H-pyrrole nitrogens is 1. The molecule has 0 bridgehead atoms. The molecule has 0 aliphatic rings. The Kier molecular flexibility index (Phi) is 3.66. The molecule has 0 amide bonds. The fraction of sp³-hybridized carbons (Fsp3) is 0.455. The Balaban J connectivity index is 3.17. The second-order valence-corrected chi connectivity index (χ2v) is 3.53. The lowest BCUT2D eigenvalue weighted by Crippen LogP contribution is -2.16. The van der Waals surface area contributed by atoms with E-state index in [9.17, 15) is 9.59 Å². The van der Waals surface area contributed by atoms with Gasteiger partial charge in [0.15, 0.2) is 0 Å². The first-order chi connectivity index (χ1) is 7.06. The molecule has 0 atom stereocenters. The van der Waals surface area contributed by atoms with Gasteiger partial charge in [0.2, 0.25) is 5.56 Å². The first-order valence-corrected chi connectivity index (χ1v) is 4.96. The number of esters is 1. The number of aromatic nitrogens is 1. The molecule has 0 aliphatic heterocycles. The van der Waals surface area contributed by atoms with E-state index in [0.29, 0.717) is 17.9 Å². The number of carbonyl (C=O) groups excluding carboxylic acids is 1. The highest BCUT2D eigenvalue weighted by molar-refractivity contribution is 5.90. The molecule has 0 saturated heterocycles. The molecule has 0 spiro atoms. The van der Waals surface area contributed by atoms with E-state index in [-0.39, 0.29) is 11.5 Å². The molecule has 4 heteroatoms. The Morgan fingerprint density at radius 3 is 2.67 bits per heavy atom. The van der Waals surface area contributed by atoms with E-state index in [1.807, 2.05) is 13.8 Å². The summed E-state index contributed by atoms with van der Waals surface area (Å²) >= 11 is 0. The molecule has 0 fully saturated rings. The van der Waals surface area contributed by atoms with E-state index in [1.165, 1.54) is 12.1 Å². The van der Waals surface area contributed by atoms with Crippen molar-refractivity contribution in [3.05, 3.63) is 33.7 Å². The first-order valence-electron chi connectivity index (χ1n) is 4.96. The fourth-order valence-corrected chi connectivity index (χ4v) is 1.33. The molecule has 1 heterocycles.